The van der Waals surface area contributed by atoms with Crippen LogP contribution in [0.4, 0.5) is 4.39 Å². The molecule has 1 aromatic carbocycles. The van der Waals surface area contributed by atoms with Crippen molar-refractivity contribution in [1.82, 2.24) is 14.8 Å². The van der Waals surface area contributed by atoms with Crippen LogP contribution in [0.25, 0.3) is 0 Å². The van der Waals surface area contributed by atoms with Crippen LogP contribution in [-0.4, -0.2) is 19.9 Å². The number of hydrogen-bond acceptors (Lipinski definition) is 4. The second kappa shape index (κ2) is 5.14. The van der Waals surface area contributed by atoms with E-state index in [4.69, 9.17) is 4.74 Å². The lowest BCUT2D eigenvalue weighted by molar-refractivity contribution is 0.193. The Hall–Kier alpha value is -1.95. The number of halogens is 1. The molecule has 0 saturated carbocycles. The van der Waals surface area contributed by atoms with E-state index in [1.54, 1.807) is 17.8 Å². The van der Waals surface area contributed by atoms with Crippen LogP contribution in [0.2, 0.25) is 0 Å². The average Bonchev–Trinajstić information content (AvgIpc) is 2.72. The minimum absolute atomic E-state index is 0.212. The Bertz CT molecular complexity index is 540. The Balaban J connectivity index is 2.07. The first-order valence-corrected chi connectivity index (χ1v) is 5.51. The van der Waals surface area contributed by atoms with Gasteiger partial charge in [-0.2, -0.15) is 5.10 Å². The van der Waals surface area contributed by atoms with Gasteiger partial charge in [0.25, 0.3) is 0 Å². The van der Waals surface area contributed by atoms with Crippen LogP contribution in [0.5, 0.6) is 5.75 Å². The maximum absolute atomic E-state index is 13.6. The topological polar surface area (TPSA) is 60.2 Å². The first-order valence-electron chi connectivity index (χ1n) is 5.51. The van der Waals surface area contributed by atoms with Crippen molar-refractivity contribution in [3.8, 4) is 5.75 Å². The molecule has 2 aromatic rings. The first-order chi connectivity index (χ1) is 8.58. The molecule has 0 amide bonds. The maximum Gasteiger partial charge on any atom is 0.164 e. The highest BCUT2D eigenvalue weighted by molar-refractivity contribution is 5.30. The van der Waals surface area contributed by atoms with Gasteiger partial charge in [0, 0.05) is 18.7 Å². The number of aryl methyl sites for hydroxylation is 1. The second-order valence-corrected chi connectivity index (χ2v) is 3.95. The molecule has 1 atom stereocenters. The largest absolute Gasteiger partial charge is 0.486 e. The maximum atomic E-state index is 13.6. The Morgan fingerprint density at radius 3 is 2.83 bits per heavy atom. The number of ether oxygens (including phenoxy) is 1. The molecule has 0 fully saturated rings. The summed E-state index contributed by atoms with van der Waals surface area (Å²) in [6.45, 7) is 1.72. The zero-order chi connectivity index (χ0) is 13.1. The van der Waals surface area contributed by atoms with Gasteiger partial charge in [0.1, 0.15) is 24.5 Å². The smallest absolute Gasteiger partial charge is 0.164 e. The van der Waals surface area contributed by atoms with Gasteiger partial charge in [0.15, 0.2) is 5.82 Å². The zero-order valence-corrected chi connectivity index (χ0v) is 10.2. The van der Waals surface area contributed by atoms with E-state index in [1.165, 1.54) is 25.4 Å². The lowest BCUT2D eigenvalue weighted by Gasteiger charge is -2.09. The highest BCUT2D eigenvalue weighted by atomic mass is 19.1. The first kappa shape index (κ1) is 12.5. The van der Waals surface area contributed by atoms with E-state index in [2.05, 4.69) is 10.1 Å². The van der Waals surface area contributed by atoms with Gasteiger partial charge in [0.2, 0.25) is 0 Å². The molecule has 5 nitrogen and oxygen atoms in total. The van der Waals surface area contributed by atoms with Crippen molar-refractivity contribution in [3.05, 3.63) is 41.7 Å². The Labute approximate surface area is 104 Å². The van der Waals surface area contributed by atoms with E-state index in [0.717, 1.165) is 0 Å². The minimum Gasteiger partial charge on any atom is -0.486 e. The van der Waals surface area contributed by atoms with Crippen LogP contribution in [0.3, 0.4) is 0 Å². The van der Waals surface area contributed by atoms with E-state index in [1.807, 2.05) is 0 Å². The third-order valence-corrected chi connectivity index (χ3v) is 2.60. The number of aliphatic hydroxyl groups excluding tert-OH is 1. The molecule has 0 aliphatic heterocycles. The van der Waals surface area contributed by atoms with Crippen LogP contribution in [-0.2, 0) is 13.7 Å². The summed E-state index contributed by atoms with van der Waals surface area (Å²) >= 11 is 0. The second-order valence-electron chi connectivity index (χ2n) is 3.95. The van der Waals surface area contributed by atoms with Crippen LogP contribution in [0, 0.1) is 5.82 Å². The summed E-state index contributed by atoms with van der Waals surface area (Å²) in [5.41, 5.74) is 0.251. The molecular weight excluding hydrogens is 237 g/mol. The lowest BCUT2D eigenvalue weighted by atomic mass is 10.1. The molecule has 0 aliphatic rings. The van der Waals surface area contributed by atoms with E-state index < -0.39 is 11.9 Å². The molecule has 1 heterocycles. The molecule has 6 heteroatoms. The summed E-state index contributed by atoms with van der Waals surface area (Å²) in [6, 6.07) is 4.37. The molecule has 1 N–H and O–H groups in total. The average molecular weight is 251 g/mol. The number of aliphatic hydroxyl groups is 1. The van der Waals surface area contributed by atoms with Crippen LogP contribution < -0.4 is 4.74 Å². The van der Waals surface area contributed by atoms with Gasteiger partial charge in [-0.1, -0.05) is 0 Å². The van der Waals surface area contributed by atoms with E-state index >= 15 is 0 Å². The summed E-state index contributed by atoms with van der Waals surface area (Å²) in [5, 5.41) is 13.2. The van der Waals surface area contributed by atoms with Gasteiger partial charge in [-0.25, -0.2) is 9.37 Å². The summed E-state index contributed by atoms with van der Waals surface area (Å²) in [6.07, 6.45) is 0.591. The minimum atomic E-state index is -0.835. The number of aromatic nitrogens is 3. The highest BCUT2D eigenvalue weighted by Gasteiger charge is 2.09. The molecule has 2 rings (SSSR count). The summed E-state index contributed by atoms with van der Waals surface area (Å²) in [7, 11) is 1.75. The predicted molar refractivity (Wildman–Crippen MR) is 62.4 cm³/mol. The molecule has 0 aliphatic carbocycles. The van der Waals surface area contributed by atoms with Crippen molar-refractivity contribution >= 4 is 0 Å². The van der Waals surface area contributed by atoms with Gasteiger partial charge in [-0.15, -0.1) is 0 Å². The normalized spacial score (nSPS) is 12.4. The van der Waals surface area contributed by atoms with Crippen LogP contribution in [0.1, 0.15) is 24.4 Å². The van der Waals surface area contributed by atoms with Gasteiger partial charge in [-0.3, -0.25) is 4.68 Å². The fourth-order valence-electron chi connectivity index (χ4n) is 1.54. The van der Waals surface area contributed by atoms with E-state index in [-0.39, 0.29) is 12.2 Å². The monoisotopic (exact) mass is 251 g/mol. The van der Waals surface area contributed by atoms with Crippen molar-refractivity contribution < 1.29 is 14.2 Å². The van der Waals surface area contributed by atoms with Gasteiger partial charge >= 0.3 is 0 Å². The molecule has 0 bridgehead atoms. The SMILES string of the molecule is C[C@@H](O)c1ccc(OCc2ncnn2C)cc1F. The number of nitrogens with zero attached hydrogens (tertiary/aromatic N) is 3. The Morgan fingerprint density at radius 1 is 1.50 bits per heavy atom. The highest BCUT2D eigenvalue weighted by Crippen LogP contribution is 2.22. The van der Waals surface area contributed by atoms with Crippen LogP contribution in [0.15, 0.2) is 24.5 Å². The van der Waals surface area contributed by atoms with Crippen molar-refractivity contribution in [2.75, 3.05) is 0 Å². The van der Waals surface area contributed by atoms with E-state index in [9.17, 15) is 9.50 Å². The Kier molecular flexibility index (Phi) is 3.57. The quantitative estimate of drug-likeness (QED) is 0.896. The summed E-state index contributed by atoms with van der Waals surface area (Å²) < 4.78 is 20.6. The van der Waals surface area contributed by atoms with Crippen molar-refractivity contribution in [3.63, 3.8) is 0 Å². The Morgan fingerprint density at radius 2 is 2.28 bits per heavy atom. The molecule has 0 saturated heterocycles. The van der Waals surface area contributed by atoms with Crippen molar-refractivity contribution in [2.45, 2.75) is 19.6 Å². The van der Waals surface area contributed by atoms with Crippen molar-refractivity contribution in [1.29, 1.82) is 0 Å². The lowest BCUT2D eigenvalue weighted by Crippen LogP contribution is -2.05. The standard InChI is InChI=1S/C12H14FN3O2/c1-8(17)10-4-3-9(5-11(10)13)18-6-12-14-7-15-16(12)2/h3-5,7-8,17H,6H2,1-2H3/t8-/m1/s1. The molecule has 0 radical (unpaired) electrons. The van der Waals surface area contributed by atoms with Crippen LogP contribution >= 0.6 is 0 Å². The fourth-order valence-corrected chi connectivity index (χ4v) is 1.54. The van der Waals surface area contributed by atoms with Gasteiger partial charge < -0.3 is 9.84 Å². The summed E-state index contributed by atoms with van der Waals surface area (Å²) in [5.74, 6) is 0.551. The third kappa shape index (κ3) is 2.65. The van der Waals surface area contributed by atoms with Gasteiger partial charge in [-0.05, 0) is 19.1 Å². The molecular formula is C12H14FN3O2. The molecule has 1 aromatic heterocycles. The molecule has 96 valence electrons. The number of rotatable bonds is 4. The fraction of sp³-hybridized carbons (Fsp3) is 0.333. The summed E-state index contributed by atoms with van der Waals surface area (Å²) in [4.78, 5) is 3.99. The van der Waals surface area contributed by atoms with E-state index in [0.29, 0.717) is 11.6 Å². The third-order valence-electron chi connectivity index (χ3n) is 2.60. The zero-order valence-electron chi connectivity index (χ0n) is 10.2. The van der Waals surface area contributed by atoms with Gasteiger partial charge in [0.05, 0.1) is 6.10 Å². The molecule has 18 heavy (non-hydrogen) atoms. The number of hydrogen-bond donors (Lipinski definition) is 1. The van der Waals surface area contributed by atoms with Crippen molar-refractivity contribution in [2.24, 2.45) is 7.05 Å². The molecule has 0 unspecified atom stereocenters. The number of benzene rings is 1. The molecule has 0 spiro atoms. The predicted octanol–water partition coefficient (Wildman–Crippen LogP) is 1.59.